The minimum absolute atomic E-state index is 0.329. The van der Waals surface area contributed by atoms with Gasteiger partial charge >= 0.3 is 0 Å². The van der Waals surface area contributed by atoms with Crippen LogP contribution in [0.2, 0.25) is 5.02 Å². The summed E-state index contributed by atoms with van der Waals surface area (Å²) in [5, 5.41) is 0.707. The van der Waals surface area contributed by atoms with Gasteiger partial charge in [-0.05, 0) is 42.6 Å². The summed E-state index contributed by atoms with van der Waals surface area (Å²) in [5.41, 5.74) is 7.71. The van der Waals surface area contributed by atoms with Crippen LogP contribution in [-0.2, 0) is 11.3 Å². The van der Waals surface area contributed by atoms with E-state index in [0.717, 1.165) is 25.3 Å². The Labute approximate surface area is 114 Å². The average Bonchev–Trinajstić information content (AvgIpc) is 2.30. The number of piperidine rings is 1. The topological polar surface area (TPSA) is 38.5 Å². The number of nitrogens with two attached hydrogens (primary N) is 1. The lowest BCUT2D eigenvalue weighted by atomic mass is 9.95. The second kappa shape index (κ2) is 5.91. The van der Waals surface area contributed by atoms with Gasteiger partial charge in [0.05, 0.1) is 6.10 Å². The van der Waals surface area contributed by atoms with Gasteiger partial charge in [0.2, 0.25) is 0 Å². The first-order valence-corrected chi connectivity index (χ1v) is 6.76. The Balaban J connectivity index is 2.01. The van der Waals surface area contributed by atoms with Crippen molar-refractivity contribution in [1.29, 1.82) is 0 Å². The van der Waals surface area contributed by atoms with Crippen molar-refractivity contribution in [2.75, 3.05) is 25.9 Å². The van der Waals surface area contributed by atoms with E-state index in [1.54, 1.807) is 13.2 Å². The summed E-state index contributed by atoms with van der Waals surface area (Å²) in [6.45, 7) is 5.22. The lowest BCUT2D eigenvalue weighted by Crippen LogP contribution is -2.43. The number of hydrogen-bond acceptors (Lipinski definition) is 3. The summed E-state index contributed by atoms with van der Waals surface area (Å²) < 4.78 is 5.53. The second-order valence-electron chi connectivity index (χ2n) is 5.17. The Hall–Kier alpha value is -0.770. The molecule has 2 atom stereocenters. The lowest BCUT2D eigenvalue weighted by Gasteiger charge is -2.36. The zero-order valence-electron chi connectivity index (χ0n) is 11.0. The van der Waals surface area contributed by atoms with Crippen LogP contribution in [0.5, 0.6) is 0 Å². The third-order valence-electron chi connectivity index (χ3n) is 3.66. The van der Waals surface area contributed by atoms with Crippen molar-refractivity contribution in [1.82, 2.24) is 4.90 Å². The van der Waals surface area contributed by atoms with Gasteiger partial charge < -0.3 is 10.5 Å². The number of rotatable bonds is 3. The molecule has 2 N–H and O–H groups in total. The number of nitrogens with zero attached hydrogens (tertiary/aromatic N) is 1. The maximum Gasteiger partial charge on any atom is 0.0724 e. The fraction of sp³-hybridized carbons (Fsp3) is 0.571. The Morgan fingerprint density at radius 1 is 1.44 bits per heavy atom. The third-order valence-corrected chi connectivity index (χ3v) is 3.88. The van der Waals surface area contributed by atoms with E-state index in [4.69, 9.17) is 22.1 Å². The minimum atomic E-state index is 0.329. The molecule has 1 aromatic rings. The minimum Gasteiger partial charge on any atom is -0.399 e. The zero-order chi connectivity index (χ0) is 13.1. The number of methoxy groups -OCH3 is 1. The molecule has 0 amide bonds. The van der Waals surface area contributed by atoms with Crippen molar-refractivity contribution < 1.29 is 4.74 Å². The maximum absolute atomic E-state index is 6.02. The maximum atomic E-state index is 6.02. The number of nitrogen functional groups attached to an aromatic ring is 1. The van der Waals surface area contributed by atoms with E-state index in [-0.39, 0.29) is 0 Å². The molecule has 1 heterocycles. The Morgan fingerprint density at radius 2 is 2.22 bits per heavy atom. The highest BCUT2D eigenvalue weighted by atomic mass is 35.5. The van der Waals surface area contributed by atoms with Crippen LogP contribution in [0.25, 0.3) is 0 Å². The first-order chi connectivity index (χ1) is 8.58. The number of hydrogen-bond donors (Lipinski definition) is 1. The Morgan fingerprint density at radius 3 is 2.89 bits per heavy atom. The van der Waals surface area contributed by atoms with Crippen molar-refractivity contribution in [2.45, 2.75) is 26.0 Å². The van der Waals surface area contributed by atoms with Gasteiger partial charge in [-0.1, -0.05) is 18.5 Å². The van der Waals surface area contributed by atoms with E-state index in [0.29, 0.717) is 17.0 Å². The van der Waals surface area contributed by atoms with Crippen molar-refractivity contribution >= 4 is 17.3 Å². The van der Waals surface area contributed by atoms with Gasteiger partial charge in [-0.15, -0.1) is 0 Å². The van der Waals surface area contributed by atoms with Crippen LogP contribution in [0.3, 0.4) is 0 Å². The number of ether oxygens (including phenoxy) is 1. The van der Waals surface area contributed by atoms with Gasteiger partial charge in [0.15, 0.2) is 0 Å². The molecule has 1 aliphatic heterocycles. The molecule has 0 aromatic heterocycles. The molecule has 0 spiro atoms. The second-order valence-corrected chi connectivity index (χ2v) is 5.60. The third kappa shape index (κ3) is 3.37. The summed E-state index contributed by atoms with van der Waals surface area (Å²) in [4.78, 5) is 2.40. The highest BCUT2D eigenvalue weighted by Gasteiger charge is 2.25. The molecule has 3 nitrogen and oxygen atoms in total. The van der Waals surface area contributed by atoms with Crippen LogP contribution in [0.4, 0.5) is 5.69 Å². The summed E-state index contributed by atoms with van der Waals surface area (Å²) in [6, 6.07) is 5.75. The van der Waals surface area contributed by atoms with Crippen LogP contribution in [0, 0.1) is 5.92 Å². The standard InChI is InChI=1S/C14H21ClN2O/c1-10-3-4-17(9-14(10)18-2)8-11-5-12(15)7-13(16)6-11/h5-7,10,14H,3-4,8-9,16H2,1-2H3. The fourth-order valence-electron chi connectivity index (χ4n) is 2.57. The molecule has 0 saturated carbocycles. The highest BCUT2D eigenvalue weighted by molar-refractivity contribution is 6.30. The van der Waals surface area contributed by atoms with Crippen LogP contribution >= 0.6 is 11.6 Å². The largest absolute Gasteiger partial charge is 0.399 e. The summed E-state index contributed by atoms with van der Waals surface area (Å²) in [6.07, 6.45) is 1.50. The number of likely N-dealkylation sites (tertiary alicyclic amines) is 1. The van der Waals surface area contributed by atoms with E-state index in [1.807, 2.05) is 12.1 Å². The molecular weight excluding hydrogens is 248 g/mol. The fourth-order valence-corrected chi connectivity index (χ4v) is 2.84. The SMILES string of the molecule is COC1CN(Cc2cc(N)cc(Cl)c2)CCC1C. The lowest BCUT2D eigenvalue weighted by molar-refractivity contribution is -0.00744. The molecule has 0 aliphatic carbocycles. The van der Waals surface area contributed by atoms with Crippen molar-refractivity contribution in [3.8, 4) is 0 Å². The molecule has 4 heteroatoms. The van der Waals surface area contributed by atoms with Gasteiger partial charge in [-0.3, -0.25) is 4.90 Å². The van der Waals surface area contributed by atoms with Gasteiger partial charge in [0, 0.05) is 30.9 Å². The molecule has 2 rings (SSSR count). The number of anilines is 1. The van der Waals surface area contributed by atoms with Gasteiger partial charge in [0.25, 0.3) is 0 Å². The van der Waals surface area contributed by atoms with E-state index in [2.05, 4.69) is 11.8 Å². The number of halogens is 1. The number of benzene rings is 1. The van der Waals surface area contributed by atoms with Crippen LogP contribution in [-0.4, -0.2) is 31.2 Å². The van der Waals surface area contributed by atoms with Crippen molar-refractivity contribution in [2.24, 2.45) is 5.92 Å². The predicted molar refractivity (Wildman–Crippen MR) is 75.7 cm³/mol. The molecule has 0 radical (unpaired) electrons. The molecule has 1 fully saturated rings. The van der Waals surface area contributed by atoms with E-state index < -0.39 is 0 Å². The van der Waals surface area contributed by atoms with Gasteiger partial charge in [-0.25, -0.2) is 0 Å². The Bertz CT molecular complexity index is 391. The van der Waals surface area contributed by atoms with Crippen LogP contribution in [0.1, 0.15) is 18.9 Å². The van der Waals surface area contributed by atoms with Crippen molar-refractivity contribution in [3.63, 3.8) is 0 Å². The molecule has 100 valence electrons. The van der Waals surface area contributed by atoms with Gasteiger partial charge in [0.1, 0.15) is 0 Å². The Kier molecular flexibility index (Phi) is 4.49. The molecular formula is C14H21ClN2O. The molecule has 1 aromatic carbocycles. The molecule has 1 aliphatic rings. The normalized spacial score (nSPS) is 25.3. The molecule has 0 bridgehead atoms. The molecule has 2 unspecified atom stereocenters. The monoisotopic (exact) mass is 268 g/mol. The first kappa shape index (κ1) is 13.7. The van der Waals surface area contributed by atoms with Crippen LogP contribution < -0.4 is 5.73 Å². The van der Waals surface area contributed by atoms with E-state index in [1.165, 1.54) is 12.0 Å². The molecule has 18 heavy (non-hydrogen) atoms. The quantitative estimate of drug-likeness (QED) is 0.857. The zero-order valence-corrected chi connectivity index (χ0v) is 11.8. The first-order valence-electron chi connectivity index (χ1n) is 6.38. The highest BCUT2D eigenvalue weighted by Crippen LogP contribution is 2.23. The van der Waals surface area contributed by atoms with Crippen molar-refractivity contribution in [3.05, 3.63) is 28.8 Å². The van der Waals surface area contributed by atoms with E-state index >= 15 is 0 Å². The summed E-state index contributed by atoms with van der Waals surface area (Å²) >= 11 is 6.02. The van der Waals surface area contributed by atoms with Crippen LogP contribution in [0.15, 0.2) is 18.2 Å². The smallest absolute Gasteiger partial charge is 0.0724 e. The average molecular weight is 269 g/mol. The van der Waals surface area contributed by atoms with E-state index in [9.17, 15) is 0 Å². The molecule has 1 saturated heterocycles. The predicted octanol–water partition coefficient (Wildman–Crippen LogP) is 2.78. The summed E-state index contributed by atoms with van der Waals surface area (Å²) in [7, 11) is 1.79. The van der Waals surface area contributed by atoms with Gasteiger partial charge in [-0.2, -0.15) is 0 Å². The summed E-state index contributed by atoms with van der Waals surface area (Å²) in [5.74, 6) is 0.635.